The number of rotatable bonds is 5. The first-order chi connectivity index (χ1) is 9.70. The standard InChI is InChI=1S/C17H26BrNO/c1-2-14-6-5-11-19(12-9-14)13-10-17(20)15-7-3-4-8-16(15)18/h3-4,7-8,14,17,20H,2,5-6,9-13H2,1H3. The first-order valence-electron chi connectivity index (χ1n) is 7.85. The minimum Gasteiger partial charge on any atom is -0.388 e. The normalized spacial score (nSPS) is 22.4. The molecular formula is C17H26BrNO. The Balaban J connectivity index is 1.81. The molecule has 0 saturated carbocycles. The third-order valence-corrected chi connectivity index (χ3v) is 5.22. The molecule has 2 atom stereocenters. The van der Waals surface area contributed by atoms with E-state index in [1.165, 1.54) is 38.8 Å². The molecule has 0 aromatic heterocycles. The fraction of sp³-hybridized carbons (Fsp3) is 0.647. The summed E-state index contributed by atoms with van der Waals surface area (Å²) in [5.41, 5.74) is 1.01. The Hall–Kier alpha value is -0.380. The van der Waals surface area contributed by atoms with E-state index in [1.54, 1.807) is 0 Å². The topological polar surface area (TPSA) is 23.5 Å². The van der Waals surface area contributed by atoms with Crippen molar-refractivity contribution in [3.63, 3.8) is 0 Å². The van der Waals surface area contributed by atoms with E-state index in [4.69, 9.17) is 0 Å². The predicted octanol–water partition coefficient (Wildman–Crippen LogP) is 4.38. The third kappa shape index (κ3) is 4.57. The van der Waals surface area contributed by atoms with Crippen molar-refractivity contribution in [2.45, 2.75) is 45.1 Å². The van der Waals surface area contributed by atoms with E-state index in [9.17, 15) is 5.11 Å². The molecule has 112 valence electrons. The Morgan fingerprint density at radius 1 is 1.30 bits per heavy atom. The van der Waals surface area contributed by atoms with Crippen molar-refractivity contribution in [2.24, 2.45) is 5.92 Å². The molecule has 1 N–H and O–H groups in total. The van der Waals surface area contributed by atoms with Gasteiger partial charge in [0, 0.05) is 11.0 Å². The molecule has 3 heteroatoms. The van der Waals surface area contributed by atoms with Gasteiger partial charge in [-0.1, -0.05) is 47.5 Å². The minimum atomic E-state index is -0.365. The van der Waals surface area contributed by atoms with E-state index < -0.39 is 0 Å². The van der Waals surface area contributed by atoms with Gasteiger partial charge < -0.3 is 10.0 Å². The summed E-state index contributed by atoms with van der Waals surface area (Å²) in [7, 11) is 0. The van der Waals surface area contributed by atoms with Crippen molar-refractivity contribution in [3.8, 4) is 0 Å². The SMILES string of the molecule is CCC1CCCN(CCC(O)c2ccccc2Br)CC1. The molecule has 0 spiro atoms. The maximum atomic E-state index is 10.3. The summed E-state index contributed by atoms with van der Waals surface area (Å²) in [6, 6.07) is 7.97. The second-order valence-electron chi connectivity index (χ2n) is 5.87. The zero-order valence-electron chi connectivity index (χ0n) is 12.4. The van der Waals surface area contributed by atoms with E-state index >= 15 is 0 Å². The van der Waals surface area contributed by atoms with Gasteiger partial charge in [0.15, 0.2) is 0 Å². The Morgan fingerprint density at radius 2 is 2.10 bits per heavy atom. The fourth-order valence-corrected chi connectivity index (χ4v) is 3.61. The maximum absolute atomic E-state index is 10.3. The summed E-state index contributed by atoms with van der Waals surface area (Å²) in [5, 5.41) is 10.3. The Labute approximate surface area is 131 Å². The summed E-state index contributed by atoms with van der Waals surface area (Å²) in [5.74, 6) is 0.910. The van der Waals surface area contributed by atoms with E-state index in [2.05, 4.69) is 27.8 Å². The van der Waals surface area contributed by atoms with Crippen molar-refractivity contribution in [3.05, 3.63) is 34.3 Å². The highest BCUT2D eigenvalue weighted by Crippen LogP contribution is 2.26. The molecule has 0 amide bonds. The van der Waals surface area contributed by atoms with E-state index in [0.29, 0.717) is 0 Å². The number of benzene rings is 1. The molecule has 0 aliphatic carbocycles. The van der Waals surface area contributed by atoms with Crippen LogP contribution in [0, 0.1) is 5.92 Å². The fourth-order valence-electron chi connectivity index (χ4n) is 3.06. The monoisotopic (exact) mass is 339 g/mol. The molecule has 2 rings (SSSR count). The lowest BCUT2D eigenvalue weighted by molar-refractivity contribution is 0.142. The smallest absolute Gasteiger partial charge is 0.0813 e. The van der Waals surface area contributed by atoms with Crippen LogP contribution in [0.15, 0.2) is 28.7 Å². The highest BCUT2D eigenvalue weighted by molar-refractivity contribution is 9.10. The highest BCUT2D eigenvalue weighted by atomic mass is 79.9. The van der Waals surface area contributed by atoms with Gasteiger partial charge in [0.25, 0.3) is 0 Å². The van der Waals surface area contributed by atoms with Crippen LogP contribution in [0.3, 0.4) is 0 Å². The Bertz CT molecular complexity index is 410. The van der Waals surface area contributed by atoms with Crippen LogP contribution in [0.1, 0.15) is 50.7 Å². The van der Waals surface area contributed by atoms with Gasteiger partial charge in [-0.15, -0.1) is 0 Å². The minimum absolute atomic E-state index is 0.365. The van der Waals surface area contributed by atoms with Gasteiger partial charge in [0.2, 0.25) is 0 Å². The van der Waals surface area contributed by atoms with Gasteiger partial charge in [0.05, 0.1) is 6.10 Å². The molecule has 2 nitrogen and oxygen atoms in total. The summed E-state index contributed by atoms with van der Waals surface area (Å²) >= 11 is 3.52. The molecule has 1 aliphatic heterocycles. The molecule has 2 unspecified atom stereocenters. The Morgan fingerprint density at radius 3 is 2.85 bits per heavy atom. The van der Waals surface area contributed by atoms with Crippen molar-refractivity contribution < 1.29 is 5.11 Å². The van der Waals surface area contributed by atoms with E-state index in [1.807, 2.05) is 24.3 Å². The molecule has 1 aromatic rings. The number of hydrogen-bond acceptors (Lipinski definition) is 2. The first kappa shape index (κ1) is 16.0. The van der Waals surface area contributed by atoms with Crippen molar-refractivity contribution in [2.75, 3.05) is 19.6 Å². The lowest BCUT2D eigenvalue weighted by Gasteiger charge is -2.22. The second-order valence-corrected chi connectivity index (χ2v) is 6.73. The number of likely N-dealkylation sites (tertiary alicyclic amines) is 1. The zero-order valence-corrected chi connectivity index (χ0v) is 14.0. The van der Waals surface area contributed by atoms with Crippen molar-refractivity contribution in [1.29, 1.82) is 0 Å². The number of nitrogens with zero attached hydrogens (tertiary/aromatic N) is 1. The molecule has 0 radical (unpaired) electrons. The van der Waals surface area contributed by atoms with Gasteiger partial charge in [0.1, 0.15) is 0 Å². The number of aliphatic hydroxyl groups is 1. The van der Waals surface area contributed by atoms with Crippen molar-refractivity contribution >= 4 is 15.9 Å². The average Bonchev–Trinajstić information content (AvgIpc) is 2.70. The molecule has 1 aromatic carbocycles. The van der Waals surface area contributed by atoms with E-state index in [-0.39, 0.29) is 6.10 Å². The van der Waals surface area contributed by atoms with Gasteiger partial charge >= 0.3 is 0 Å². The molecular weight excluding hydrogens is 314 g/mol. The van der Waals surface area contributed by atoms with Crippen LogP contribution in [-0.2, 0) is 0 Å². The highest BCUT2D eigenvalue weighted by Gasteiger charge is 2.17. The molecule has 20 heavy (non-hydrogen) atoms. The maximum Gasteiger partial charge on any atom is 0.0813 e. The van der Waals surface area contributed by atoms with Gasteiger partial charge in [-0.25, -0.2) is 0 Å². The van der Waals surface area contributed by atoms with Gasteiger partial charge in [-0.05, 0) is 56.3 Å². The van der Waals surface area contributed by atoms with Crippen LogP contribution in [0.4, 0.5) is 0 Å². The van der Waals surface area contributed by atoms with Crippen LogP contribution in [0.2, 0.25) is 0 Å². The average molecular weight is 340 g/mol. The molecule has 1 fully saturated rings. The predicted molar refractivity (Wildman–Crippen MR) is 87.8 cm³/mol. The molecule has 1 aliphatic rings. The molecule has 0 bridgehead atoms. The molecule has 1 saturated heterocycles. The lowest BCUT2D eigenvalue weighted by Crippen LogP contribution is -2.27. The third-order valence-electron chi connectivity index (χ3n) is 4.50. The quantitative estimate of drug-likeness (QED) is 0.860. The van der Waals surface area contributed by atoms with Crippen LogP contribution in [0.25, 0.3) is 0 Å². The summed E-state index contributed by atoms with van der Waals surface area (Å²) in [6.07, 6.45) is 5.77. The Kier molecular flexibility index (Phi) is 6.53. The van der Waals surface area contributed by atoms with E-state index in [0.717, 1.165) is 28.9 Å². The van der Waals surface area contributed by atoms with Gasteiger partial charge in [-0.3, -0.25) is 0 Å². The summed E-state index contributed by atoms with van der Waals surface area (Å²) < 4.78 is 1.01. The number of halogens is 1. The van der Waals surface area contributed by atoms with Gasteiger partial charge in [-0.2, -0.15) is 0 Å². The molecule has 1 heterocycles. The second kappa shape index (κ2) is 8.16. The van der Waals surface area contributed by atoms with Crippen LogP contribution >= 0.6 is 15.9 Å². The number of aliphatic hydroxyl groups excluding tert-OH is 1. The number of hydrogen-bond donors (Lipinski definition) is 1. The summed E-state index contributed by atoms with van der Waals surface area (Å²) in [6.45, 7) is 5.69. The lowest BCUT2D eigenvalue weighted by atomic mass is 9.98. The van der Waals surface area contributed by atoms with Crippen molar-refractivity contribution in [1.82, 2.24) is 4.90 Å². The zero-order chi connectivity index (χ0) is 14.4. The van der Waals surface area contributed by atoms with Crippen LogP contribution in [-0.4, -0.2) is 29.6 Å². The first-order valence-corrected chi connectivity index (χ1v) is 8.64. The van der Waals surface area contributed by atoms with Crippen LogP contribution in [0.5, 0.6) is 0 Å². The largest absolute Gasteiger partial charge is 0.388 e. The van der Waals surface area contributed by atoms with Crippen LogP contribution < -0.4 is 0 Å². The summed E-state index contributed by atoms with van der Waals surface area (Å²) in [4.78, 5) is 2.52.